The molecule has 3 aromatic rings. The van der Waals surface area contributed by atoms with Crippen molar-refractivity contribution in [1.82, 2.24) is 14.5 Å². The molecule has 0 unspecified atom stereocenters. The summed E-state index contributed by atoms with van der Waals surface area (Å²) in [5.74, 6) is 0. The van der Waals surface area contributed by atoms with Crippen LogP contribution in [-0.2, 0) is 26.4 Å². The van der Waals surface area contributed by atoms with E-state index in [0.717, 1.165) is 21.2 Å². The van der Waals surface area contributed by atoms with Crippen LogP contribution in [0, 0.1) is 9.64 Å². The number of benzene rings is 1. The molecule has 1 aromatic carbocycles. The number of aryl methyl sites for hydroxylation is 1. The third kappa shape index (κ3) is 4.21. The molecule has 3 nitrogen and oxygen atoms in total. The van der Waals surface area contributed by atoms with Crippen LogP contribution in [0.3, 0.4) is 0 Å². The molecule has 0 amide bonds. The summed E-state index contributed by atoms with van der Waals surface area (Å²) in [5, 5.41) is 0.922. The van der Waals surface area contributed by atoms with Crippen molar-refractivity contribution < 1.29 is 19.4 Å². The van der Waals surface area contributed by atoms with E-state index in [1.165, 1.54) is 31.8 Å². The van der Waals surface area contributed by atoms with Crippen molar-refractivity contribution in [3.8, 4) is 11.3 Å². The monoisotopic (exact) mass is 634 g/mol. The number of imidazole rings is 1. The van der Waals surface area contributed by atoms with Gasteiger partial charge in [0.05, 0.1) is 0 Å². The van der Waals surface area contributed by atoms with Gasteiger partial charge in [-0.2, -0.15) is 0 Å². The molecule has 2 aromatic heterocycles. The fourth-order valence-corrected chi connectivity index (χ4v) is 5.81. The second-order valence-corrected chi connectivity index (χ2v) is 10.5. The van der Waals surface area contributed by atoms with Crippen LogP contribution in [0.5, 0.6) is 0 Å². The van der Waals surface area contributed by atoms with Crippen LogP contribution in [0.4, 0.5) is 0 Å². The van der Waals surface area contributed by atoms with Gasteiger partial charge in [-0.05, 0) is 0 Å². The fraction of sp³-hybridized carbons (Fsp3) is 0.118. The van der Waals surface area contributed by atoms with Gasteiger partial charge in [-0.25, -0.2) is 0 Å². The summed E-state index contributed by atoms with van der Waals surface area (Å²) in [4.78, 5) is 10.0. The third-order valence-corrected chi connectivity index (χ3v) is 6.97. The van der Waals surface area contributed by atoms with Gasteiger partial charge in [-0.1, -0.05) is 0 Å². The molecule has 0 bridgehead atoms. The van der Waals surface area contributed by atoms with E-state index in [4.69, 9.17) is 0 Å². The topological polar surface area (TPSA) is 30.7 Å². The molecule has 7 heteroatoms. The minimum atomic E-state index is 0.922. The molecule has 0 radical (unpaired) electrons. The van der Waals surface area contributed by atoms with Crippen LogP contribution in [0.25, 0.3) is 11.3 Å². The molecular formula is C17H13IN3S2W-. The molecule has 0 saturated carbocycles. The Labute approximate surface area is 174 Å². The summed E-state index contributed by atoms with van der Waals surface area (Å²) < 4.78 is 4.59. The van der Waals surface area contributed by atoms with Gasteiger partial charge in [-0.15, -0.1) is 0 Å². The van der Waals surface area contributed by atoms with Gasteiger partial charge >= 0.3 is 176 Å². The first-order chi connectivity index (χ1) is 11.6. The summed E-state index contributed by atoms with van der Waals surface area (Å²) >= 11 is 7.11. The van der Waals surface area contributed by atoms with Gasteiger partial charge in [0, 0.05) is 0 Å². The van der Waals surface area contributed by atoms with Gasteiger partial charge in [0.25, 0.3) is 0 Å². The summed E-state index contributed by atoms with van der Waals surface area (Å²) in [7, 11) is 2.05. The van der Waals surface area contributed by atoms with Gasteiger partial charge < -0.3 is 0 Å². The first-order valence-electron chi connectivity index (χ1n) is 7.00. The van der Waals surface area contributed by atoms with E-state index >= 15 is 0 Å². The van der Waals surface area contributed by atoms with Crippen molar-refractivity contribution in [2.75, 3.05) is 6.26 Å². The molecule has 0 N–H and O–H groups in total. The zero-order valence-electron chi connectivity index (χ0n) is 13.0. The molecular weight excluding hydrogens is 621 g/mol. The van der Waals surface area contributed by atoms with Crippen molar-refractivity contribution in [2.45, 2.75) is 9.92 Å². The average Bonchev–Trinajstić information content (AvgIpc) is 2.97. The number of halogens is 1. The second-order valence-electron chi connectivity index (χ2n) is 4.90. The Hall–Kier alpha value is -0.432. The predicted molar refractivity (Wildman–Crippen MR) is 106 cm³/mol. The van der Waals surface area contributed by atoms with Crippen molar-refractivity contribution in [1.29, 1.82) is 0 Å². The second kappa shape index (κ2) is 8.30. The Kier molecular flexibility index (Phi) is 6.35. The van der Waals surface area contributed by atoms with Crippen molar-refractivity contribution >= 4 is 49.3 Å². The Morgan fingerprint density at radius 3 is 2.88 bits per heavy atom. The first-order valence-corrected chi connectivity index (χ1v) is 11.6. The van der Waals surface area contributed by atoms with Gasteiger partial charge in [0.15, 0.2) is 0 Å². The number of pyridine rings is 1. The van der Waals surface area contributed by atoms with Gasteiger partial charge in [-0.3, -0.25) is 0 Å². The van der Waals surface area contributed by atoms with E-state index in [1.807, 2.05) is 31.9 Å². The summed E-state index contributed by atoms with van der Waals surface area (Å²) in [5.41, 5.74) is 3.36. The van der Waals surface area contributed by atoms with Gasteiger partial charge in [0.2, 0.25) is 0 Å². The minimum absolute atomic E-state index is 0.922. The average molecular weight is 634 g/mol. The van der Waals surface area contributed by atoms with Crippen LogP contribution < -0.4 is 0 Å². The van der Waals surface area contributed by atoms with Crippen LogP contribution in [-0.4, -0.2) is 24.0 Å². The SMILES string of the molecule is CSc1[c-]c(S[C](=[W])c2c(-c3cccc(I)c3)ncn2C)ccn1. The third-order valence-electron chi connectivity index (χ3n) is 3.27. The molecule has 24 heavy (non-hydrogen) atoms. The number of thioether (sulfide) groups is 2. The van der Waals surface area contributed by atoms with Crippen LogP contribution >= 0.6 is 46.1 Å². The molecule has 0 aliphatic rings. The van der Waals surface area contributed by atoms with Crippen LogP contribution in [0.1, 0.15) is 5.69 Å². The van der Waals surface area contributed by atoms with E-state index in [1.54, 1.807) is 23.5 Å². The molecule has 0 saturated heterocycles. The summed E-state index contributed by atoms with van der Waals surface area (Å²) in [6, 6.07) is 13.8. The Balaban J connectivity index is 1.94. The zero-order chi connectivity index (χ0) is 17.1. The molecule has 2 heterocycles. The van der Waals surface area contributed by atoms with Crippen molar-refractivity contribution in [3.63, 3.8) is 0 Å². The summed E-state index contributed by atoms with van der Waals surface area (Å²) in [6.45, 7) is 0. The van der Waals surface area contributed by atoms with E-state index < -0.39 is 0 Å². The molecule has 0 spiro atoms. The molecule has 0 aliphatic carbocycles. The Bertz CT molecular complexity index is 895. The number of aromatic nitrogens is 3. The summed E-state index contributed by atoms with van der Waals surface area (Å²) in [6.07, 6.45) is 5.75. The molecule has 122 valence electrons. The van der Waals surface area contributed by atoms with E-state index in [2.05, 4.69) is 67.5 Å². The Morgan fingerprint density at radius 1 is 1.29 bits per heavy atom. The van der Waals surface area contributed by atoms with E-state index in [9.17, 15) is 0 Å². The molecule has 0 aliphatic heterocycles. The number of rotatable bonds is 5. The first kappa shape index (κ1) is 18.4. The van der Waals surface area contributed by atoms with Crippen molar-refractivity contribution in [3.05, 3.63) is 58.2 Å². The van der Waals surface area contributed by atoms with E-state index in [-0.39, 0.29) is 0 Å². The van der Waals surface area contributed by atoms with E-state index in [0.29, 0.717) is 0 Å². The quantitative estimate of drug-likeness (QED) is 0.237. The molecule has 0 fully saturated rings. The van der Waals surface area contributed by atoms with Gasteiger partial charge in [0.1, 0.15) is 0 Å². The molecule has 3 rings (SSSR count). The maximum absolute atomic E-state index is 4.64. The number of hydrogen-bond donors (Lipinski definition) is 0. The number of nitrogens with zero attached hydrogens (tertiary/aromatic N) is 3. The Morgan fingerprint density at radius 2 is 2.12 bits per heavy atom. The van der Waals surface area contributed by atoms with Crippen LogP contribution in [0.2, 0.25) is 0 Å². The van der Waals surface area contributed by atoms with Crippen molar-refractivity contribution in [2.24, 2.45) is 7.05 Å². The zero-order valence-corrected chi connectivity index (χ0v) is 19.7. The maximum atomic E-state index is 4.64. The standard InChI is InChI=1S/C17H13IN3S2.W/c1-21-11-20-17(12-4-3-5-13(18)8-12)15(21)10-23-14-6-7-19-16(9-14)22-2;/h3-8,11H,1-2H3;/q-1;. The predicted octanol–water partition coefficient (Wildman–Crippen LogP) is 4.43. The molecule has 0 atom stereocenters. The fourth-order valence-electron chi connectivity index (χ4n) is 2.18. The van der Waals surface area contributed by atoms with Crippen LogP contribution in [0.15, 0.2) is 52.8 Å². The number of hydrogen-bond acceptors (Lipinski definition) is 4. The normalized spacial score (nSPS) is 10.8.